The molecule has 0 bridgehead atoms. The Labute approximate surface area is 89.0 Å². The summed E-state index contributed by atoms with van der Waals surface area (Å²) in [4.78, 5) is 11.7. The summed E-state index contributed by atoms with van der Waals surface area (Å²) in [5.74, 6) is 1.66. The SMILES string of the molecule is COc1cc(C)c(OC)c2c1CCC2=O. The largest absolute Gasteiger partial charge is 0.496 e. The predicted molar refractivity (Wildman–Crippen MR) is 56.9 cm³/mol. The van der Waals surface area contributed by atoms with Crippen molar-refractivity contribution >= 4 is 5.78 Å². The maximum Gasteiger partial charge on any atom is 0.167 e. The molecule has 0 amide bonds. The number of Topliss-reactive ketones (excluding diaryl/α,β-unsaturated/α-hetero) is 1. The van der Waals surface area contributed by atoms with E-state index in [2.05, 4.69) is 0 Å². The maximum absolute atomic E-state index is 11.7. The van der Waals surface area contributed by atoms with Crippen LogP contribution in [-0.4, -0.2) is 20.0 Å². The number of aryl methyl sites for hydroxylation is 1. The number of carbonyl (C=O) groups excluding carboxylic acids is 1. The van der Waals surface area contributed by atoms with Gasteiger partial charge in [-0.25, -0.2) is 0 Å². The molecule has 1 aliphatic rings. The van der Waals surface area contributed by atoms with E-state index in [4.69, 9.17) is 9.47 Å². The molecule has 0 aliphatic heterocycles. The van der Waals surface area contributed by atoms with Gasteiger partial charge >= 0.3 is 0 Å². The number of ether oxygens (including phenoxy) is 2. The van der Waals surface area contributed by atoms with E-state index < -0.39 is 0 Å². The van der Waals surface area contributed by atoms with Crippen molar-refractivity contribution < 1.29 is 14.3 Å². The van der Waals surface area contributed by atoms with Gasteiger partial charge in [0.2, 0.25) is 0 Å². The first-order valence-corrected chi connectivity index (χ1v) is 4.96. The lowest BCUT2D eigenvalue weighted by molar-refractivity contribution is 0.0992. The lowest BCUT2D eigenvalue weighted by Crippen LogP contribution is -2.01. The normalized spacial score (nSPS) is 13.9. The molecular weight excluding hydrogens is 192 g/mol. The Kier molecular flexibility index (Phi) is 2.39. The van der Waals surface area contributed by atoms with E-state index in [-0.39, 0.29) is 5.78 Å². The van der Waals surface area contributed by atoms with Gasteiger partial charge in [0.1, 0.15) is 11.5 Å². The van der Waals surface area contributed by atoms with Gasteiger partial charge in [0.15, 0.2) is 5.78 Å². The molecule has 0 saturated carbocycles. The zero-order valence-corrected chi connectivity index (χ0v) is 9.22. The van der Waals surface area contributed by atoms with Gasteiger partial charge in [0, 0.05) is 12.0 Å². The van der Waals surface area contributed by atoms with Gasteiger partial charge in [-0.3, -0.25) is 4.79 Å². The second kappa shape index (κ2) is 3.57. The van der Waals surface area contributed by atoms with Gasteiger partial charge in [0.05, 0.1) is 19.8 Å². The lowest BCUT2D eigenvalue weighted by atomic mass is 10.0. The summed E-state index contributed by atoms with van der Waals surface area (Å²) < 4.78 is 10.6. The van der Waals surface area contributed by atoms with Gasteiger partial charge in [0.25, 0.3) is 0 Å². The maximum atomic E-state index is 11.7. The fraction of sp³-hybridized carbons (Fsp3) is 0.417. The highest BCUT2D eigenvalue weighted by atomic mass is 16.5. The van der Waals surface area contributed by atoms with E-state index in [1.807, 2.05) is 13.0 Å². The van der Waals surface area contributed by atoms with Crippen LogP contribution in [0.3, 0.4) is 0 Å². The Morgan fingerprint density at radius 2 is 1.93 bits per heavy atom. The van der Waals surface area contributed by atoms with Crippen LogP contribution in [0.15, 0.2) is 6.07 Å². The number of ketones is 1. The molecule has 0 N–H and O–H groups in total. The van der Waals surface area contributed by atoms with Gasteiger partial charge < -0.3 is 9.47 Å². The van der Waals surface area contributed by atoms with Crippen molar-refractivity contribution in [2.75, 3.05) is 14.2 Å². The summed E-state index contributed by atoms with van der Waals surface area (Å²) in [5, 5.41) is 0. The van der Waals surface area contributed by atoms with Crippen molar-refractivity contribution in [3.63, 3.8) is 0 Å². The highest BCUT2D eigenvalue weighted by Crippen LogP contribution is 2.39. The van der Waals surface area contributed by atoms with Gasteiger partial charge in [-0.15, -0.1) is 0 Å². The standard InChI is InChI=1S/C12H14O3/c1-7-6-10(14-2)8-4-5-9(13)11(8)12(7)15-3/h6H,4-5H2,1-3H3. The average Bonchev–Trinajstić information content (AvgIpc) is 2.60. The third kappa shape index (κ3) is 1.39. The van der Waals surface area contributed by atoms with Crippen molar-refractivity contribution in [2.24, 2.45) is 0 Å². The number of methoxy groups -OCH3 is 2. The quantitative estimate of drug-likeness (QED) is 0.743. The molecule has 15 heavy (non-hydrogen) atoms. The second-order valence-electron chi connectivity index (χ2n) is 3.71. The van der Waals surface area contributed by atoms with Crippen LogP contribution < -0.4 is 9.47 Å². The minimum atomic E-state index is 0.156. The molecule has 0 heterocycles. The topological polar surface area (TPSA) is 35.5 Å². The summed E-state index contributed by atoms with van der Waals surface area (Å²) in [5.41, 5.74) is 2.66. The molecular formula is C12H14O3. The number of rotatable bonds is 2. The number of fused-ring (bicyclic) bond motifs is 1. The summed E-state index contributed by atoms with van der Waals surface area (Å²) in [7, 11) is 3.23. The third-order valence-corrected chi connectivity index (χ3v) is 2.84. The van der Waals surface area contributed by atoms with Gasteiger partial charge in [-0.05, 0) is 25.0 Å². The lowest BCUT2D eigenvalue weighted by Gasteiger charge is -2.13. The molecule has 0 unspecified atom stereocenters. The second-order valence-corrected chi connectivity index (χ2v) is 3.71. The van der Waals surface area contributed by atoms with Crippen molar-refractivity contribution in [3.8, 4) is 11.5 Å². The highest BCUT2D eigenvalue weighted by Gasteiger charge is 2.28. The Morgan fingerprint density at radius 1 is 1.20 bits per heavy atom. The molecule has 0 saturated heterocycles. The number of hydrogen-bond acceptors (Lipinski definition) is 3. The Bertz CT molecular complexity index is 421. The van der Waals surface area contributed by atoms with Crippen molar-refractivity contribution in [2.45, 2.75) is 19.8 Å². The molecule has 80 valence electrons. The highest BCUT2D eigenvalue weighted by molar-refractivity contribution is 6.04. The van der Waals surface area contributed by atoms with Gasteiger partial charge in [-0.2, -0.15) is 0 Å². The van der Waals surface area contributed by atoms with E-state index in [0.717, 1.165) is 23.3 Å². The van der Waals surface area contributed by atoms with Crippen LogP contribution in [0, 0.1) is 6.92 Å². The van der Waals surface area contributed by atoms with E-state index in [0.29, 0.717) is 17.7 Å². The molecule has 3 heteroatoms. The Balaban J connectivity index is 2.71. The zero-order valence-electron chi connectivity index (χ0n) is 9.22. The summed E-state index contributed by atoms with van der Waals surface area (Å²) in [6.45, 7) is 1.92. The van der Waals surface area contributed by atoms with Crippen LogP contribution in [0.2, 0.25) is 0 Å². The molecule has 0 fully saturated rings. The molecule has 1 aromatic rings. The van der Waals surface area contributed by atoms with Crippen LogP contribution in [0.4, 0.5) is 0 Å². The van der Waals surface area contributed by atoms with Crippen LogP contribution in [-0.2, 0) is 6.42 Å². The van der Waals surface area contributed by atoms with Crippen molar-refractivity contribution in [1.82, 2.24) is 0 Å². The fourth-order valence-corrected chi connectivity index (χ4v) is 2.16. The monoisotopic (exact) mass is 206 g/mol. The minimum Gasteiger partial charge on any atom is -0.496 e. The number of carbonyl (C=O) groups is 1. The molecule has 2 rings (SSSR count). The predicted octanol–water partition coefficient (Wildman–Crippen LogP) is 2.14. The average molecular weight is 206 g/mol. The molecule has 0 atom stereocenters. The zero-order chi connectivity index (χ0) is 11.0. The van der Waals surface area contributed by atoms with Crippen LogP contribution >= 0.6 is 0 Å². The molecule has 1 aromatic carbocycles. The molecule has 0 radical (unpaired) electrons. The smallest absolute Gasteiger partial charge is 0.167 e. The van der Waals surface area contributed by atoms with E-state index in [9.17, 15) is 4.79 Å². The Hall–Kier alpha value is -1.51. The molecule has 1 aliphatic carbocycles. The summed E-state index contributed by atoms with van der Waals surface area (Å²) in [6, 6.07) is 1.93. The minimum absolute atomic E-state index is 0.156. The first-order chi connectivity index (χ1) is 7.19. The Morgan fingerprint density at radius 3 is 2.53 bits per heavy atom. The summed E-state index contributed by atoms with van der Waals surface area (Å²) >= 11 is 0. The van der Waals surface area contributed by atoms with Gasteiger partial charge in [-0.1, -0.05) is 0 Å². The molecule has 0 spiro atoms. The number of benzene rings is 1. The van der Waals surface area contributed by atoms with E-state index >= 15 is 0 Å². The summed E-state index contributed by atoms with van der Waals surface area (Å²) in [6.07, 6.45) is 1.32. The third-order valence-electron chi connectivity index (χ3n) is 2.84. The van der Waals surface area contributed by atoms with E-state index in [1.54, 1.807) is 14.2 Å². The van der Waals surface area contributed by atoms with Crippen LogP contribution in [0.25, 0.3) is 0 Å². The van der Waals surface area contributed by atoms with Crippen LogP contribution in [0.1, 0.15) is 27.9 Å². The molecule has 3 nitrogen and oxygen atoms in total. The first kappa shape index (κ1) is 10.0. The fourth-order valence-electron chi connectivity index (χ4n) is 2.16. The molecule has 0 aromatic heterocycles. The number of hydrogen-bond donors (Lipinski definition) is 0. The van der Waals surface area contributed by atoms with Crippen molar-refractivity contribution in [1.29, 1.82) is 0 Å². The van der Waals surface area contributed by atoms with Crippen molar-refractivity contribution in [3.05, 3.63) is 22.8 Å². The van der Waals surface area contributed by atoms with Crippen LogP contribution in [0.5, 0.6) is 11.5 Å². The first-order valence-electron chi connectivity index (χ1n) is 4.96. The van der Waals surface area contributed by atoms with E-state index in [1.165, 1.54) is 0 Å².